The van der Waals surface area contributed by atoms with Gasteiger partial charge in [0.1, 0.15) is 152 Å². The molecule has 0 aliphatic carbocycles. The monoisotopic (exact) mass is 1070 g/mol. The van der Waals surface area contributed by atoms with Gasteiger partial charge in [0, 0.05) is 0 Å². The summed E-state index contributed by atoms with van der Waals surface area (Å²) in [6.45, 7) is -5.87. The van der Waals surface area contributed by atoms with Gasteiger partial charge >= 0.3 is 0 Å². The molecule has 28 atom stereocenters. The van der Waals surface area contributed by atoms with Crippen LogP contribution in [0.15, 0.2) is 18.2 Å². The van der Waals surface area contributed by atoms with Gasteiger partial charge in [-0.2, -0.15) is 0 Å². The Kier molecular flexibility index (Phi) is 19.8. The third kappa shape index (κ3) is 12.0. The molecule has 6 heterocycles. The van der Waals surface area contributed by atoms with E-state index in [1.165, 1.54) is 6.07 Å². The van der Waals surface area contributed by atoms with Gasteiger partial charge in [-0.3, -0.25) is 0 Å². The lowest BCUT2D eigenvalue weighted by molar-refractivity contribution is -0.394. The van der Waals surface area contributed by atoms with Crippen molar-refractivity contribution in [1.29, 1.82) is 0 Å². The first kappa shape index (κ1) is 58.1. The van der Waals surface area contributed by atoms with Crippen LogP contribution in [0.25, 0.3) is 11.0 Å². The van der Waals surface area contributed by atoms with E-state index in [-0.39, 0.29) is 16.9 Å². The van der Waals surface area contributed by atoms with Crippen molar-refractivity contribution in [2.24, 2.45) is 0 Å². The highest BCUT2D eigenvalue weighted by Crippen LogP contribution is 2.36. The molecule has 5 aliphatic rings. The first-order valence-electron chi connectivity index (χ1n) is 22.9. The van der Waals surface area contributed by atoms with Crippen LogP contribution in [-0.4, -0.2) is 312 Å². The Labute approximate surface area is 410 Å². The molecule has 5 fully saturated rings. The molecule has 0 spiro atoms. The minimum absolute atomic E-state index is 0.165. The molecule has 32 heteroatoms. The van der Waals surface area contributed by atoms with Crippen LogP contribution in [0.5, 0.6) is 0 Å². The molecule has 0 amide bonds. The van der Waals surface area contributed by atoms with E-state index in [0.29, 0.717) is 0 Å². The largest absolute Gasteiger partial charge is 0.394 e. The zero-order valence-electron chi connectivity index (χ0n) is 38.0. The quantitative estimate of drug-likeness (QED) is 0.0621. The predicted molar refractivity (Wildman–Crippen MR) is 223 cm³/mol. The minimum Gasteiger partial charge on any atom is -0.394 e. The summed E-state index contributed by atoms with van der Waals surface area (Å²) in [6, 6.07) is 3.49. The van der Waals surface area contributed by atoms with E-state index in [2.05, 4.69) is 9.97 Å². The third-order valence-corrected chi connectivity index (χ3v) is 13.2. The van der Waals surface area contributed by atoms with Crippen molar-refractivity contribution < 1.29 is 149 Å². The fraction of sp³-hybridized carbons (Fsp3) is 0.829. The van der Waals surface area contributed by atoms with E-state index in [0.717, 1.165) is 12.1 Å². The molecular weight excluding hydrogens is 1000 g/mol. The number of H-pyrrole nitrogens is 1. The number of hydrogen-bond donors (Lipinski definition) is 20. The lowest BCUT2D eigenvalue weighted by Crippen LogP contribution is -2.68. The van der Waals surface area contributed by atoms with Crippen LogP contribution < -0.4 is 0 Å². The van der Waals surface area contributed by atoms with Crippen LogP contribution in [-0.2, 0) is 47.4 Å². The molecule has 1 aromatic heterocycles. The molecule has 7 rings (SSSR count). The van der Waals surface area contributed by atoms with Crippen molar-refractivity contribution >= 4 is 11.0 Å². The number of nitrogens with one attached hydrogen (secondary N) is 1. The van der Waals surface area contributed by atoms with E-state index >= 15 is 0 Å². The number of aromatic nitrogens is 2. The number of ether oxygens (including phenoxy) is 10. The van der Waals surface area contributed by atoms with Crippen LogP contribution in [0.3, 0.4) is 0 Å². The summed E-state index contributed by atoms with van der Waals surface area (Å²) in [4.78, 5) is 6.70. The SMILES string of the molecule is OCC1O[C@H](O[C@@H]2C(CO)O[C@H](O[C@@H]3C(CO)O[C@H](O[C@@H]4C(CO)O[C@H](O[C@@H]5C(CO)O[C@H](O[C@H](CO)[C@H](O)C(O)c6nc7ccc(F)cc7[nH]6)C(O)[C@H]5O)C(O)[C@H]4O)C(O)[C@H]3O)C(O)[C@H]2O)C(O)[C@@H](O)[C@@H]1O. The average Bonchev–Trinajstić information content (AvgIpc) is 3.81. The zero-order chi connectivity index (χ0) is 53.3. The molecule has 0 bridgehead atoms. The van der Waals surface area contributed by atoms with E-state index in [1.54, 1.807) is 0 Å². The smallest absolute Gasteiger partial charge is 0.187 e. The summed E-state index contributed by atoms with van der Waals surface area (Å²) in [7, 11) is 0. The molecule has 418 valence electrons. The highest BCUT2D eigenvalue weighted by atomic mass is 19.1. The van der Waals surface area contributed by atoms with Gasteiger partial charge in [0.05, 0.1) is 50.7 Å². The van der Waals surface area contributed by atoms with Crippen molar-refractivity contribution in [2.45, 2.75) is 172 Å². The lowest BCUT2D eigenvalue weighted by atomic mass is 9.95. The van der Waals surface area contributed by atoms with E-state index < -0.39 is 217 Å². The Morgan fingerprint density at radius 2 is 0.836 bits per heavy atom. The molecular formula is C41H63FN2O29. The standard InChI is InChI=1S/C41H63FN2O29/c42-10-1-2-11-12(3-10)44-36(43-11)26(58)20(52)14(5-46)64-37-28(60)22(54)32(15(6-47)66-37)71-39-30(62)24(56)34(17(8-49)68-39)73-41-31(63)25(57)35(18(9-50)69-41)72-40-29(61)23(55)33(16(7-48)67-40)70-38-27(59)21(53)19(51)13(4-45)65-38/h1-3,13-35,37-41,45-63H,4-9H2,(H,43,44)/t13?,14-,15?,16?,17?,18?,19-,20+,21+,22-,23-,24-,25-,26?,27?,28?,29?,30?,31?,32-,33-,34-,35-,37+,38-,39-,40-,41-/m1/s1. The highest BCUT2D eigenvalue weighted by Gasteiger charge is 2.57. The summed E-state index contributed by atoms with van der Waals surface area (Å²) in [5.41, 5.74) is 0.386. The second-order valence-corrected chi connectivity index (χ2v) is 18.0. The molecule has 0 radical (unpaired) electrons. The van der Waals surface area contributed by atoms with Crippen LogP contribution in [0.4, 0.5) is 4.39 Å². The van der Waals surface area contributed by atoms with Gasteiger partial charge in [0.25, 0.3) is 0 Å². The lowest BCUT2D eigenvalue weighted by Gasteiger charge is -2.49. The Balaban J connectivity index is 0.951. The highest BCUT2D eigenvalue weighted by molar-refractivity contribution is 5.75. The van der Waals surface area contributed by atoms with Crippen LogP contribution in [0, 0.1) is 5.82 Å². The molecule has 5 saturated heterocycles. The van der Waals surface area contributed by atoms with Gasteiger partial charge < -0.3 is 149 Å². The number of aliphatic hydroxyl groups is 19. The number of halogens is 1. The molecule has 5 aliphatic heterocycles. The maximum atomic E-state index is 13.7. The topological polar surface area (TPSA) is 505 Å². The number of benzene rings is 1. The van der Waals surface area contributed by atoms with Gasteiger partial charge in [-0.25, -0.2) is 9.37 Å². The number of imidazole rings is 1. The molecule has 0 saturated carbocycles. The number of aliphatic hydroxyl groups excluding tert-OH is 19. The summed E-state index contributed by atoms with van der Waals surface area (Å²) < 4.78 is 69.4. The normalized spacial score (nSPS) is 45.0. The summed E-state index contributed by atoms with van der Waals surface area (Å²) >= 11 is 0. The molecule has 1 aromatic carbocycles. The first-order valence-corrected chi connectivity index (χ1v) is 22.9. The fourth-order valence-electron chi connectivity index (χ4n) is 9.04. The summed E-state index contributed by atoms with van der Waals surface area (Å²) in [6.07, 6.45) is -53.6. The summed E-state index contributed by atoms with van der Waals surface area (Å²) in [5.74, 6) is -0.878. The second kappa shape index (κ2) is 24.8. The molecule has 31 nitrogen and oxygen atoms in total. The van der Waals surface area contributed by atoms with Gasteiger partial charge in [0.15, 0.2) is 31.5 Å². The maximum absolute atomic E-state index is 13.7. The first-order chi connectivity index (χ1) is 34.7. The number of rotatable bonds is 19. The van der Waals surface area contributed by atoms with Crippen molar-refractivity contribution in [1.82, 2.24) is 9.97 Å². The summed E-state index contributed by atoms with van der Waals surface area (Å²) in [5, 5.41) is 202. The third-order valence-electron chi connectivity index (χ3n) is 13.2. The molecule has 2 aromatic rings. The van der Waals surface area contributed by atoms with Crippen LogP contribution in [0.2, 0.25) is 0 Å². The van der Waals surface area contributed by atoms with Crippen LogP contribution in [0.1, 0.15) is 11.9 Å². The number of hydrogen-bond acceptors (Lipinski definition) is 30. The van der Waals surface area contributed by atoms with Gasteiger partial charge in [-0.1, -0.05) is 0 Å². The van der Waals surface area contributed by atoms with E-state index in [4.69, 9.17) is 47.4 Å². The Hall–Kier alpha value is -2.54. The maximum Gasteiger partial charge on any atom is 0.187 e. The number of fused-ring (bicyclic) bond motifs is 1. The molecule has 73 heavy (non-hydrogen) atoms. The Morgan fingerprint density at radius 3 is 1.22 bits per heavy atom. The Bertz CT molecular complexity index is 2030. The number of nitrogens with zero attached hydrogens (tertiary/aromatic N) is 1. The van der Waals surface area contributed by atoms with E-state index in [9.17, 15) is 101 Å². The van der Waals surface area contributed by atoms with Crippen LogP contribution >= 0.6 is 0 Å². The van der Waals surface area contributed by atoms with Crippen molar-refractivity contribution in [2.75, 3.05) is 39.6 Å². The van der Waals surface area contributed by atoms with Crippen molar-refractivity contribution in [3.05, 3.63) is 29.8 Å². The molecule has 11 unspecified atom stereocenters. The second-order valence-electron chi connectivity index (χ2n) is 18.0. The minimum atomic E-state index is -2.19. The van der Waals surface area contributed by atoms with Gasteiger partial charge in [-0.05, 0) is 18.2 Å². The fourth-order valence-corrected chi connectivity index (χ4v) is 9.04. The predicted octanol–water partition coefficient (Wildman–Crippen LogP) is -11.4. The van der Waals surface area contributed by atoms with Gasteiger partial charge in [0.2, 0.25) is 0 Å². The Morgan fingerprint density at radius 1 is 0.479 bits per heavy atom. The molecule has 20 N–H and O–H groups in total. The van der Waals surface area contributed by atoms with Gasteiger partial charge in [-0.15, -0.1) is 0 Å². The zero-order valence-corrected chi connectivity index (χ0v) is 38.0. The number of aromatic amines is 1. The van der Waals surface area contributed by atoms with E-state index in [1.807, 2.05) is 0 Å². The van der Waals surface area contributed by atoms with Crippen molar-refractivity contribution in [3.63, 3.8) is 0 Å². The van der Waals surface area contributed by atoms with Crippen molar-refractivity contribution in [3.8, 4) is 0 Å². The average molecular weight is 1070 g/mol.